The van der Waals surface area contributed by atoms with E-state index in [2.05, 4.69) is 15.4 Å². The quantitative estimate of drug-likeness (QED) is 0.408. The van der Waals surface area contributed by atoms with E-state index < -0.39 is 16.1 Å². The zero-order valence-electron chi connectivity index (χ0n) is 21.9. The van der Waals surface area contributed by atoms with E-state index in [1.807, 2.05) is 0 Å². The third-order valence-electron chi connectivity index (χ3n) is 6.80. The summed E-state index contributed by atoms with van der Waals surface area (Å²) in [5.41, 5.74) is 1.84. The predicted molar refractivity (Wildman–Crippen MR) is 142 cm³/mol. The van der Waals surface area contributed by atoms with Crippen molar-refractivity contribution < 1.29 is 27.5 Å². The van der Waals surface area contributed by atoms with Crippen molar-refractivity contribution in [2.75, 3.05) is 26.6 Å². The first kappa shape index (κ1) is 28.5. The lowest BCUT2D eigenvalue weighted by molar-refractivity contribution is -0.126. The molecule has 0 radical (unpaired) electrons. The molecule has 0 aromatic heterocycles. The second-order valence-electron chi connectivity index (χ2n) is 9.40. The Morgan fingerprint density at radius 3 is 2.35 bits per heavy atom. The zero-order chi connectivity index (χ0) is 27.0. The molecule has 10 heteroatoms. The van der Waals surface area contributed by atoms with Crippen molar-refractivity contribution in [3.05, 3.63) is 47.5 Å². The first-order chi connectivity index (χ1) is 17.7. The van der Waals surface area contributed by atoms with Crippen molar-refractivity contribution in [3.63, 3.8) is 0 Å². The van der Waals surface area contributed by atoms with Crippen LogP contribution in [0.5, 0.6) is 11.5 Å². The summed E-state index contributed by atoms with van der Waals surface area (Å²) in [7, 11) is 0.743. The van der Waals surface area contributed by atoms with Gasteiger partial charge in [0.2, 0.25) is 21.8 Å². The van der Waals surface area contributed by atoms with Crippen LogP contribution in [0.3, 0.4) is 0 Å². The van der Waals surface area contributed by atoms with Gasteiger partial charge >= 0.3 is 0 Å². The number of carbonyl (C=O) groups is 2. The van der Waals surface area contributed by atoms with Gasteiger partial charge < -0.3 is 20.1 Å². The topological polar surface area (TPSA) is 123 Å². The summed E-state index contributed by atoms with van der Waals surface area (Å²) in [6.45, 7) is 1.79. The van der Waals surface area contributed by atoms with Crippen molar-refractivity contribution in [2.45, 2.75) is 62.8 Å². The van der Waals surface area contributed by atoms with Crippen molar-refractivity contribution in [1.29, 1.82) is 0 Å². The Labute approximate surface area is 219 Å². The van der Waals surface area contributed by atoms with Crippen molar-refractivity contribution in [1.82, 2.24) is 10.0 Å². The van der Waals surface area contributed by atoms with Crippen LogP contribution in [0.1, 0.15) is 49.7 Å². The van der Waals surface area contributed by atoms with E-state index in [0.29, 0.717) is 29.5 Å². The Hall–Kier alpha value is -3.11. The smallest absolute Gasteiger partial charge is 0.246 e. The number of ether oxygens (including phenoxy) is 2. The Kier molecular flexibility index (Phi) is 9.93. The predicted octanol–water partition coefficient (Wildman–Crippen LogP) is 3.56. The summed E-state index contributed by atoms with van der Waals surface area (Å²) in [6.07, 6.45) is 6.05. The number of benzene rings is 2. The molecule has 0 aliphatic heterocycles. The van der Waals surface area contributed by atoms with Crippen molar-refractivity contribution in [3.8, 4) is 11.5 Å². The molecule has 0 heterocycles. The molecule has 202 valence electrons. The largest absolute Gasteiger partial charge is 0.493 e. The molecule has 0 bridgehead atoms. The molecule has 0 saturated heterocycles. The summed E-state index contributed by atoms with van der Waals surface area (Å²) in [6, 6.07) is 9.08. The number of aryl methyl sites for hydroxylation is 1. The van der Waals surface area contributed by atoms with Crippen molar-refractivity contribution >= 4 is 27.5 Å². The molecule has 1 atom stereocenters. The minimum atomic E-state index is -3.67. The van der Waals surface area contributed by atoms with Gasteiger partial charge in [-0.2, -0.15) is 0 Å². The first-order valence-electron chi connectivity index (χ1n) is 12.5. The van der Waals surface area contributed by atoms with Crippen LogP contribution < -0.4 is 24.8 Å². The maximum atomic E-state index is 13.4. The molecule has 2 aromatic rings. The van der Waals surface area contributed by atoms with Crippen LogP contribution >= 0.6 is 0 Å². The van der Waals surface area contributed by atoms with E-state index in [1.54, 1.807) is 38.3 Å². The fourth-order valence-electron chi connectivity index (χ4n) is 4.65. The molecule has 1 aliphatic rings. The molecule has 9 nitrogen and oxygen atoms in total. The van der Waals surface area contributed by atoms with Gasteiger partial charge in [0.05, 0.1) is 25.5 Å². The van der Waals surface area contributed by atoms with Crippen LogP contribution in [-0.4, -0.2) is 47.5 Å². The third-order valence-corrected chi connectivity index (χ3v) is 8.22. The molecule has 2 amide bonds. The highest BCUT2D eigenvalue weighted by Crippen LogP contribution is 2.29. The van der Waals surface area contributed by atoms with Gasteiger partial charge in [-0.1, -0.05) is 44.2 Å². The Bertz CT molecular complexity index is 1210. The number of sulfonamides is 1. The zero-order valence-corrected chi connectivity index (χ0v) is 22.7. The summed E-state index contributed by atoms with van der Waals surface area (Å²) in [5.74, 6) is 0.776. The molecule has 3 N–H and O–H groups in total. The Balaban J connectivity index is 1.78. The van der Waals surface area contributed by atoms with Gasteiger partial charge in [-0.05, 0) is 61.7 Å². The lowest BCUT2D eigenvalue weighted by Crippen LogP contribution is -2.45. The molecule has 2 aromatic carbocycles. The number of anilines is 1. The molecular formula is C27H37N3O6S. The second-order valence-corrected chi connectivity index (χ2v) is 11.3. The van der Waals surface area contributed by atoms with E-state index in [4.69, 9.17) is 9.47 Å². The molecule has 1 aliphatic carbocycles. The van der Waals surface area contributed by atoms with E-state index in [0.717, 1.165) is 36.8 Å². The molecular weight excluding hydrogens is 494 g/mol. The van der Waals surface area contributed by atoms with E-state index in [1.165, 1.54) is 32.7 Å². The molecule has 1 saturated carbocycles. The minimum absolute atomic E-state index is 0.0530. The normalized spacial score (nSPS) is 15.0. The average molecular weight is 532 g/mol. The molecule has 1 fully saturated rings. The van der Waals surface area contributed by atoms with Gasteiger partial charge in [-0.25, -0.2) is 13.1 Å². The van der Waals surface area contributed by atoms with Crippen LogP contribution in [0.25, 0.3) is 0 Å². The maximum Gasteiger partial charge on any atom is 0.246 e. The third kappa shape index (κ3) is 7.69. The van der Waals surface area contributed by atoms with Gasteiger partial charge in [-0.15, -0.1) is 0 Å². The van der Waals surface area contributed by atoms with Gasteiger partial charge in [0.15, 0.2) is 11.5 Å². The summed E-state index contributed by atoms with van der Waals surface area (Å²) < 4.78 is 37.4. The maximum absolute atomic E-state index is 13.4. The summed E-state index contributed by atoms with van der Waals surface area (Å²) in [5, 5.41) is 5.78. The van der Waals surface area contributed by atoms with Crippen LogP contribution in [-0.2, 0) is 26.0 Å². The number of methoxy groups -OCH3 is 2. The number of carbonyl (C=O) groups excluding carboxylic acids is 2. The summed E-state index contributed by atoms with van der Waals surface area (Å²) in [4.78, 5) is 26.5. The fourth-order valence-corrected chi connectivity index (χ4v) is 5.41. The van der Waals surface area contributed by atoms with Crippen molar-refractivity contribution in [2.24, 2.45) is 5.92 Å². The fraction of sp³-hybridized carbons (Fsp3) is 0.481. The standard InChI is InChI=1S/C27H37N3O6S/c1-18-10-12-21(37(33,34)28-2)17-22(18)30-27(32)23(14-19-8-6-5-7-9-19)29-26(31)16-20-11-13-24(35-3)25(15-20)36-4/h10-13,15,17,19,23,28H,5-9,14,16H2,1-4H3,(H,29,31)(H,30,32)/t23-/m0/s1. The minimum Gasteiger partial charge on any atom is -0.493 e. The highest BCUT2D eigenvalue weighted by Gasteiger charge is 2.27. The molecule has 0 unspecified atom stereocenters. The number of hydrogen-bond acceptors (Lipinski definition) is 6. The highest BCUT2D eigenvalue weighted by atomic mass is 32.2. The van der Waals surface area contributed by atoms with Crippen LogP contribution in [0.2, 0.25) is 0 Å². The van der Waals surface area contributed by atoms with Crippen LogP contribution in [0, 0.1) is 12.8 Å². The van der Waals surface area contributed by atoms with E-state index >= 15 is 0 Å². The lowest BCUT2D eigenvalue weighted by atomic mass is 9.84. The SMILES string of the molecule is CNS(=O)(=O)c1ccc(C)c(NC(=O)[C@H](CC2CCCCC2)NC(=O)Cc2ccc(OC)c(OC)c2)c1. The number of rotatable bonds is 11. The second kappa shape index (κ2) is 12.9. The average Bonchev–Trinajstić information content (AvgIpc) is 2.89. The van der Waals surface area contributed by atoms with Crippen LogP contribution in [0.15, 0.2) is 41.3 Å². The Morgan fingerprint density at radius 1 is 1.00 bits per heavy atom. The molecule has 0 spiro atoms. The number of nitrogens with one attached hydrogen (secondary N) is 3. The van der Waals surface area contributed by atoms with Crippen LogP contribution in [0.4, 0.5) is 5.69 Å². The highest BCUT2D eigenvalue weighted by molar-refractivity contribution is 7.89. The molecule has 37 heavy (non-hydrogen) atoms. The monoisotopic (exact) mass is 531 g/mol. The Morgan fingerprint density at radius 2 is 1.70 bits per heavy atom. The molecule has 3 rings (SSSR count). The van der Waals surface area contributed by atoms with E-state index in [9.17, 15) is 18.0 Å². The van der Waals surface area contributed by atoms with Gasteiger partial charge in [0.1, 0.15) is 6.04 Å². The van der Waals surface area contributed by atoms with Gasteiger partial charge in [-0.3, -0.25) is 9.59 Å². The first-order valence-corrected chi connectivity index (χ1v) is 14.0. The summed E-state index contributed by atoms with van der Waals surface area (Å²) >= 11 is 0. The van der Waals surface area contributed by atoms with Gasteiger partial charge in [0, 0.05) is 5.69 Å². The number of hydrogen-bond donors (Lipinski definition) is 3. The lowest BCUT2D eigenvalue weighted by Gasteiger charge is -2.27. The van der Waals surface area contributed by atoms with Gasteiger partial charge in [0.25, 0.3) is 0 Å². The van der Waals surface area contributed by atoms with E-state index in [-0.39, 0.29) is 23.1 Å². The number of amides is 2.